The minimum absolute atomic E-state index is 0.278. The molecule has 0 bridgehead atoms. The van der Waals surface area contributed by atoms with Crippen molar-refractivity contribution < 1.29 is 14.6 Å². The van der Waals surface area contributed by atoms with Gasteiger partial charge in [0.05, 0.1) is 6.10 Å². The fraction of sp³-hybridized carbons (Fsp3) is 0.933. The van der Waals surface area contributed by atoms with Crippen LogP contribution in [0.25, 0.3) is 0 Å². The summed E-state index contributed by atoms with van der Waals surface area (Å²) in [4.78, 5) is 13.7. The van der Waals surface area contributed by atoms with E-state index in [0.717, 1.165) is 19.3 Å². The van der Waals surface area contributed by atoms with Crippen molar-refractivity contribution in [3.8, 4) is 0 Å². The molecule has 5 nitrogen and oxygen atoms in total. The van der Waals surface area contributed by atoms with Crippen molar-refractivity contribution in [2.75, 3.05) is 20.1 Å². The maximum Gasteiger partial charge on any atom is 0.410 e. The first-order chi connectivity index (χ1) is 9.30. The summed E-state index contributed by atoms with van der Waals surface area (Å²) in [7, 11) is 1.50. The molecule has 122 valence electrons. The second kappa shape index (κ2) is 12.0. The Morgan fingerprint density at radius 3 is 2.20 bits per heavy atom. The predicted octanol–water partition coefficient (Wildman–Crippen LogP) is 2.76. The molecule has 0 rings (SSSR count). The largest absolute Gasteiger partial charge is 0.444 e. The van der Waals surface area contributed by atoms with E-state index in [4.69, 9.17) is 4.74 Å². The van der Waals surface area contributed by atoms with Gasteiger partial charge in [-0.3, -0.25) is 0 Å². The summed E-state index contributed by atoms with van der Waals surface area (Å²) in [5, 5.41) is 9.57. The van der Waals surface area contributed by atoms with Gasteiger partial charge in [-0.25, -0.2) is 4.79 Å². The summed E-state index contributed by atoms with van der Waals surface area (Å²) >= 11 is 0. The van der Waals surface area contributed by atoms with Crippen LogP contribution < -0.4 is 5.73 Å². The van der Waals surface area contributed by atoms with E-state index in [0.29, 0.717) is 19.5 Å². The van der Waals surface area contributed by atoms with E-state index >= 15 is 0 Å². The highest BCUT2D eigenvalue weighted by atomic mass is 16.6. The van der Waals surface area contributed by atoms with Gasteiger partial charge in [0.15, 0.2) is 0 Å². The molecule has 0 aliphatic heterocycles. The maximum absolute atomic E-state index is 12.0. The van der Waals surface area contributed by atoms with Gasteiger partial charge in [-0.15, -0.1) is 0 Å². The van der Waals surface area contributed by atoms with Gasteiger partial charge in [0.25, 0.3) is 0 Å². The van der Waals surface area contributed by atoms with Crippen molar-refractivity contribution in [1.29, 1.82) is 0 Å². The number of carbonyl (C=O) groups is 1. The average Bonchev–Trinajstić information content (AvgIpc) is 2.38. The van der Waals surface area contributed by atoms with Crippen molar-refractivity contribution in [2.45, 2.75) is 72.0 Å². The van der Waals surface area contributed by atoms with Crippen LogP contribution in [0.4, 0.5) is 4.79 Å². The van der Waals surface area contributed by atoms with E-state index in [2.05, 4.69) is 12.7 Å². The van der Waals surface area contributed by atoms with Gasteiger partial charge >= 0.3 is 6.09 Å². The number of unbranched alkanes of at least 4 members (excludes halogenated alkanes) is 1. The summed E-state index contributed by atoms with van der Waals surface area (Å²) in [6.45, 7) is 10.9. The lowest BCUT2D eigenvalue weighted by molar-refractivity contribution is 0.0218. The number of aliphatic hydroxyl groups excluding tert-OH is 1. The SMILES string of the molecule is CCCCN(CCC(O)CC)C(=O)OC(C)(C)C.CN. The number of nitrogens with zero attached hydrogens (tertiary/aromatic N) is 1. The van der Waals surface area contributed by atoms with Crippen molar-refractivity contribution in [3.63, 3.8) is 0 Å². The molecule has 0 aromatic carbocycles. The standard InChI is InChI=1S/C14H29NO3.CH5N/c1-6-8-10-15(11-9-12(16)7-2)13(17)18-14(3,4)5;1-2/h12,16H,6-11H2,1-5H3;2H2,1H3. The summed E-state index contributed by atoms with van der Waals surface area (Å²) in [5.74, 6) is 0. The van der Waals surface area contributed by atoms with Crippen LogP contribution >= 0.6 is 0 Å². The normalized spacial score (nSPS) is 12.2. The molecule has 20 heavy (non-hydrogen) atoms. The zero-order valence-electron chi connectivity index (χ0n) is 14.1. The minimum Gasteiger partial charge on any atom is -0.444 e. The number of nitrogens with two attached hydrogens (primary N) is 1. The Labute approximate surface area is 124 Å². The summed E-state index contributed by atoms with van der Waals surface area (Å²) in [6, 6.07) is 0. The first-order valence-corrected chi connectivity index (χ1v) is 7.53. The molecule has 0 radical (unpaired) electrons. The molecule has 0 saturated heterocycles. The second-order valence-corrected chi connectivity index (χ2v) is 5.67. The van der Waals surface area contributed by atoms with Crippen LogP contribution in [0.1, 0.15) is 60.3 Å². The third-order valence-electron chi connectivity index (χ3n) is 2.64. The Morgan fingerprint density at radius 1 is 1.25 bits per heavy atom. The van der Waals surface area contributed by atoms with E-state index in [1.807, 2.05) is 27.7 Å². The molecular weight excluding hydrogens is 256 g/mol. The highest BCUT2D eigenvalue weighted by molar-refractivity contribution is 5.68. The van der Waals surface area contributed by atoms with Crippen LogP contribution in [0.3, 0.4) is 0 Å². The molecule has 1 amide bonds. The highest BCUT2D eigenvalue weighted by Gasteiger charge is 2.22. The molecule has 0 aliphatic rings. The molecule has 0 aliphatic carbocycles. The van der Waals surface area contributed by atoms with Gasteiger partial charge in [-0.1, -0.05) is 20.3 Å². The topological polar surface area (TPSA) is 75.8 Å². The fourth-order valence-corrected chi connectivity index (χ4v) is 1.48. The van der Waals surface area contributed by atoms with E-state index in [1.165, 1.54) is 7.05 Å². The van der Waals surface area contributed by atoms with E-state index in [-0.39, 0.29) is 12.2 Å². The molecule has 0 aromatic heterocycles. The van der Waals surface area contributed by atoms with Crippen molar-refractivity contribution in [2.24, 2.45) is 5.73 Å². The summed E-state index contributed by atoms with van der Waals surface area (Å²) in [5.41, 5.74) is 4.03. The van der Waals surface area contributed by atoms with Gasteiger partial charge in [0.2, 0.25) is 0 Å². The molecule has 0 fully saturated rings. The van der Waals surface area contributed by atoms with Gasteiger partial charge < -0.3 is 20.5 Å². The molecule has 5 heteroatoms. The highest BCUT2D eigenvalue weighted by Crippen LogP contribution is 2.11. The first-order valence-electron chi connectivity index (χ1n) is 7.53. The van der Waals surface area contributed by atoms with Crippen molar-refractivity contribution in [3.05, 3.63) is 0 Å². The number of hydrogen-bond donors (Lipinski definition) is 2. The second-order valence-electron chi connectivity index (χ2n) is 5.67. The molecule has 1 unspecified atom stereocenters. The number of ether oxygens (including phenoxy) is 1. The number of rotatable bonds is 7. The quantitative estimate of drug-likeness (QED) is 0.756. The molecule has 1 atom stereocenters. The molecule has 3 N–H and O–H groups in total. The van der Waals surface area contributed by atoms with Crippen molar-refractivity contribution >= 4 is 6.09 Å². The Morgan fingerprint density at radius 2 is 1.80 bits per heavy atom. The Bertz CT molecular complexity index is 240. The van der Waals surface area contributed by atoms with Gasteiger partial charge in [0.1, 0.15) is 5.60 Å². The van der Waals surface area contributed by atoms with Gasteiger partial charge in [-0.2, -0.15) is 0 Å². The summed E-state index contributed by atoms with van der Waals surface area (Å²) < 4.78 is 5.37. The maximum atomic E-state index is 12.0. The van der Waals surface area contributed by atoms with Gasteiger partial charge in [0, 0.05) is 13.1 Å². The number of carbonyl (C=O) groups excluding carboxylic acids is 1. The molecule has 0 saturated carbocycles. The van der Waals surface area contributed by atoms with E-state index < -0.39 is 5.60 Å². The van der Waals surface area contributed by atoms with Crippen LogP contribution in [0, 0.1) is 0 Å². The predicted molar refractivity (Wildman–Crippen MR) is 83.7 cm³/mol. The Kier molecular flexibility index (Phi) is 12.9. The Hall–Kier alpha value is -0.810. The smallest absolute Gasteiger partial charge is 0.410 e. The molecule has 0 aromatic rings. The monoisotopic (exact) mass is 290 g/mol. The minimum atomic E-state index is -0.467. The number of hydrogen-bond acceptors (Lipinski definition) is 4. The van der Waals surface area contributed by atoms with Gasteiger partial charge in [-0.05, 0) is 47.1 Å². The average molecular weight is 290 g/mol. The van der Waals surface area contributed by atoms with E-state index in [9.17, 15) is 9.90 Å². The van der Waals surface area contributed by atoms with Crippen LogP contribution in [0.5, 0.6) is 0 Å². The van der Waals surface area contributed by atoms with Crippen molar-refractivity contribution in [1.82, 2.24) is 4.90 Å². The summed E-state index contributed by atoms with van der Waals surface area (Å²) in [6.07, 6.45) is 2.71. The van der Waals surface area contributed by atoms with Crippen LogP contribution in [0.15, 0.2) is 0 Å². The zero-order chi connectivity index (χ0) is 16.2. The fourth-order valence-electron chi connectivity index (χ4n) is 1.48. The molecule has 0 heterocycles. The van der Waals surface area contributed by atoms with Crippen LogP contribution in [-0.2, 0) is 4.74 Å². The number of aliphatic hydroxyl groups is 1. The Balaban J connectivity index is 0. The van der Waals surface area contributed by atoms with Crippen LogP contribution in [-0.4, -0.2) is 47.9 Å². The first kappa shape index (κ1) is 21.5. The van der Waals surface area contributed by atoms with Crippen LogP contribution in [0.2, 0.25) is 0 Å². The molecular formula is C15H34N2O3. The van der Waals surface area contributed by atoms with E-state index in [1.54, 1.807) is 4.90 Å². The lowest BCUT2D eigenvalue weighted by Crippen LogP contribution is -2.38. The lowest BCUT2D eigenvalue weighted by atomic mass is 10.2. The number of amides is 1. The lowest BCUT2D eigenvalue weighted by Gasteiger charge is -2.28. The third kappa shape index (κ3) is 12.2. The molecule has 0 spiro atoms. The third-order valence-corrected chi connectivity index (χ3v) is 2.64. The zero-order valence-corrected chi connectivity index (χ0v) is 14.1.